The number of nitrogens with one attached hydrogen (secondary N) is 4. The van der Waals surface area contributed by atoms with E-state index in [9.17, 15) is 33.9 Å². The van der Waals surface area contributed by atoms with Crippen molar-refractivity contribution in [3.63, 3.8) is 0 Å². The van der Waals surface area contributed by atoms with Crippen LogP contribution in [0.2, 0.25) is 0 Å². The molecule has 4 rings (SSSR count). The van der Waals surface area contributed by atoms with Crippen LogP contribution in [0.5, 0.6) is 5.75 Å². The summed E-state index contributed by atoms with van der Waals surface area (Å²) >= 11 is 0. The molecule has 2 heterocycles. The average Bonchev–Trinajstić information content (AvgIpc) is 2.92. The Hall–Kier alpha value is -4.94. The monoisotopic (exact) mass is 539 g/mol. The molecule has 0 unspecified atom stereocenters. The van der Waals surface area contributed by atoms with Gasteiger partial charge in [0, 0.05) is 13.0 Å². The van der Waals surface area contributed by atoms with Crippen LogP contribution in [0.15, 0.2) is 54.6 Å². The molecule has 0 saturated heterocycles. The van der Waals surface area contributed by atoms with E-state index < -0.39 is 61.2 Å². The number of carboxylic acids is 1. The molecule has 2 aromatic rings. The summed E-state index contributed by atoms with van der Waals surface area (Å²) in [5, 5.41) is 19.0. The lowest BCUT2D eigenvalue weighted by molar-refractivity contribution is -0.146. The minimum atomic E-state index is -1.22. The topological polar surface area (TPSA) is 183 Å². The lowest BCUT2D eigenvalue weighted by Gasteiger charge is -2.27. The molecule has 5 amide bonds. The maximum absolute atomic E-state index is 13.5. The smallest absolute Gasteiger partial charge is 0.323 e. The Labute approximate surface area is 223 Å². The molecule has 0 fully saturated rings. The normalized spacial score (nSPS) is 17.2. The number of rotatable bonds is 5. The lowest BCUT2D eigenvalue weighted by atomic mass is 10.0. The van der Waals surface area contributed by atoms with Gasteiger partial charge in [-0.3, -0.25) is 28.8 Å². The molecule has 13 heteroatoms. The van der Waals surface area contributed by atoms with Crippen molar-refractivity contribution < 1.29 is 38.6 Å². The van der Waals surface area contributed by atoms with Gasteiger partial charge in [-0.05, 0) is 23.3 Å². The number of aliphatic carboxylic acids is 1. The molecule has 39 heavy (non-hydrogen) atoms. The van der Waals surface area contributed by atoms with Crippen LogP contribution in [0, 0.1) is 0 Å². The minimum Gasteiger partial charge on any atom is -0.484 e. The Morgan fingerprint density at radius 1 is 0.821 bits per heavy atom. The number of ether oxygens (including phenoxy) is 1. The number of hydrogen-bond donors (Lipinski definition) is 5. The van der Waals surface area contributed by atoms with Crippen LogP contribution < -0.4 is 26.0 Å². The van der Waals surface area contributed by atoms with Gasteiger partial charge in [-0.2, -0.15) is 0 Å². The number of fused-ring (bicyclic) bond motifs is 16. The molecule has 2 aromatic carbocycles. The first-order valence-corrected chi connectivity index (χ1v) is 12.1. The van der Waals surface area contributed by atoms with Crippen molar-refractivity contribution in [1.82, 2.24) is 26.2 Å². The van der Waals surface area contributed by atoms with Crippen LogP contribution in [-0.2, 0) is 41.7 Å². The van der Waals surface area contributed by atoms with E-state index in [1.165, 1.54) is 0 Å². The van der Waals surface area contributed by atoms with E-state index in [0.717, 1.165) is 4.90 Å². The Kier molecular flexibility index (Phi) is 10.4. The van der Waals surface area contributed by atoms with Crippen molar-refractivity contribution in [2.45, 2.75) is 19.0 Å². The highest BCUT2D eigenvalue weighted by atomic mass is 16.5. The largest absolute Gasteiger partial charge is 0.484 e. The number of hydrogen-bond acceptors (Lipinski definition) is 7. The van der Waals surface area contributed by atoms with E-state index in [0.29, 0.717) is 16.9 Å². The van der Waals surface area contributed by atoms with E-state index in [1.807, 2.05) is 0 Å². The fourth-order valence-electron chi connectivity index (χ4n) is 3.66. The molecular weight excluding hydrogens is 510 g/mol. The summed E-state index contributed by atoms with van der Waals surface area (Å²) in [4.78, 5) is 74.7. The molecule has 2 bridgehead atoms. The van der Waals surface area contributed by atoms with Crippen molar-refractivity contribution >= 4 is 35.5 Å². The molecule has 0 spiro atoms. The predicted octanol–water partition coefficient (Wildman–Crippen LogP) is -1.43. The van der Waals surface area contributed by atoms with E-state index in [2.05, 4.69) is 21.3 Å². The van der Waals surface area contributed by atoms with Crippen LogP contribution in [0.4, 0.5) is 0 Å². The van der Waals surface area contributed by atoms with Crippen LogP contribution in [0.1, 0.15) is 11.1 Å². The van der Waals surface area contributed by atoms with Crippen LogP contribution >= 0.6 is 0 Å². The van der Waals surface area contributed by atoms with Crippen molar-refractivity contribution in [2.24, 2.45) is 0 Å². The number of carbonyl (C=O) groups excluding carboxylic acids is 5. The summed E-state index contributed by atoms with van der Waals surface area (Å²) in [5.74, 6) is -4.01. The first-order valence-electron chi connectivity index (χ1n) is 12.1. The average molecular weight is 540 g/mol. The summed E-state index contributed by atoms with van der Waals surface area (Å²) in [6.07, 6.45) is 0.0141. The maximum Gasteiger partial charge on any atom is 0.323 e. The van der Waals surface area contributed by atoms with Gasteiger partial charge >= 0.3 is 5.97 Å². The molecular formula is C26H29N5O8. The first-order chi connectivity index (χ1) is 18.7. The van der Waals surface area contributed by atoms with Gasteiger partial charge in [-0.25, -0.2) is 0 Å². The number of amides is 5. The lowest BCUT2D eigenvalue weighted by Crippen LogP contribution is -2.53. The van der Waals surface area contributed by atoms with Gasteiger partial charge in [0.2, 0.25) is 23.6 Å². The Morgan fingerprint density at radius 3 is 2.03 bits per heavy atom. The summed E-state index contributed by atoms with van der Waals surface area (Å²) in [5.41, 5.74) is 1.33. The molecule has 2 aliphatic heterocycles. The molecule has 13 nitrogen and oxygen atoms in total. The molecule has 0 aromatic heterocycles. The SMILES string of the molecule is O=C(O)CN(Cc1ccccc1)C(=O)[C@@H]1Cc2ccc(cc2)OCC(=O)NCC(=O)NCC(=O)NCC(=O)N1. The second-order valence-electron chi connectivity index (χ2n) is 8.66. The van der Waals surface area contributed by atoms with Crippen molar-refractivity contribution in [1.29, 1.82) is 0 Å². The van der Waals surface area contributed by atoms with Gasteiger partial charge < -0.3 is 36.0 Å². The Morgan fingerprint density at radius 2 is 1.41 bits per heavy atom. The van der Waals surface area contributed by atoms with Crippen molar-refractivity contribution in [2.75, 3.05) is 32.8 Å². The zero-order valence-corrected chi connectivity index (χ0v) is 21.0. The minimum absolute atomic E-state index is 0.00359. The number of carbonyl (C=O) groups is 6. The zero-order chi connectivity index (χ0) is 28.2. The highest BCUT2D eigenvalue weighted by molar-refractivity contribution is 5.93. The molecule has 5 N–H and O–H groups in total. The molecule has 0 saturated carbocycles. The summed E-state index contributed by atoms with van der Waals surface area (Å²) < 4.78 is 5.41. The van der Waals surface area contributed by atoms with Gasteiger partial charge in [-0.1, -0.05) is 42.5 Å². The third kappa shape index (κ3) is 9.80. The fraction of sp³-hybridized carbons (Fsp3) is 0.308. The quantitative estimate of drug-likeness (QED) is 0.286. The van der Waals surface area contributed by atoms with E-state index in [1.54, 1.807) is 54.6 Å². The molecule has 2 aliphatic rings. The van der Waals surface area contributed by atoms with E-state index >= 15 is 0 Å². The molecule has 0 radical (unpaired) electrons. The van der Waals surface area contributed by atoms with E-state index in [4.69, 9.17) is 4.74 Å². The van der Waals surface area contributed by atoms with Crippen LogP contribution in [0.25, 0.3) is 0 Å². The summed E-state index contributed by atoms with van der Waals surface area (Å²) in [6.45, 7) is -2.23. The first kappa shape index (κ1) is 28.6. The summed E-state index contributed by atoms with van der Waals surface area (Å²) in [7, 11) is 0. The number of nitrogens with zero attached hydrogens (tertiary/aromatic N) is 1. The second-order valence-corrected chi connectivity index (χ2v) is 8.66. The summed E-state index contributed by atoms with van der Waals surface area (Å²) in [6, 6.07) is 14.1. The third-order valence-corrected chi connectivity index (χ3v) is 5.56. The number of carboxylic acid groups (broad SMARTS) is 1. The second kappa shape index (κ2) is 14.1. The molecule has 206 valence electrons. The van der Waals surface area contributed by atoms with Gasteiger partial charge in [0.15, 0.2) is 6.61 Å². The number of benzene rings is 2. The van der Waals surface area contributed by atoms with Crippen LogP contribution in [-0.4, -0.2) is 84.3 Å². The van der Waals surface area contributed by atoms with Gasteiger partial charge in [-0.15, -0.1) is 0 Å². The van der Waals surface area contributed by atoms with Crippen LogP contribution in [0.3, 0.4) is 0 Å². The zero-order valence-electron chi connectivity index (χ0n) is 21.0. The van der Waals surface area contributed by atoms with Gasteiger partial charge in [0.1, 0.15) is 18.3 Å². The molecule has 1 atom stereocenters. The third-order valence-electron chi connectivity index (χ3n) is 5.56. The van der Waals surface area contributed by atoms with E-state index in [-0.39, 0.29) is 26.1 Å². The fourth-order valence-corrected chi connectivity index (χ4v) is 3.66. The van der Waals surface area contributed by atoms with Crippen molar-refractivity contribution in [3.05, 3.63) is 65.7 Å². The van der Waals surface area contributed by atoms with Crippen molar-refractivity contribution in [3.8, 4) is 5.75 Å². The predicted molar refractivity (Wildman–Crippen MR) is 136 cm³/mol. The Bertz CT molecular complexity index is 1200. The van der Waals surface area contributed by atoms with Gasteiger partial charge in [0.25, 0.3) is 5.91 Å². The Balaban J connectivity index is 1.83. The molecule has 0 aliphatic carbocycles. The highest BCUT2D eigenvalue weighted by Crippen LogP contribution is 2.15. The van der Waals surface area contributed by atoms with Gasteiger partial charge in [0.05, 0.1) is 19.6 Å². The highest BCUT2D eigenvalue weighted by Gasteiger charge is 2.28. The maximum atomic E-state index is 13.5. The standard InChI is InChI=1S/C26H29N5O8/c32-21-11-27-22(33)12-29-24(35)16-39-19-8-6-17(7-9-19)10-20(30-23(34)13-28-21)26(38)31(15-25(36)37)14-18-4-2-1-3-5-18/h1-9,20H,10-16H2,(H,27,33)(H,28,32)(H,29,35)(H,30,34)(H,36,37)/t20-/m0/s1.